The summed E-state index contributed by atoms with van der Waals surface area (Å²) in [5.74, 6) is -0.997. The Kier molecular flexibility index (Phi) is 3.65. The largest absolute Gasteiger partial charge is 0.459 e. The van der Waals surface area contributed by atoms with Crippen molar-refractivity contribution in [3.8, 4) is 17.1 Å². The third-order valence-electron chi connectivity index (χ3n) is 2.81. The number of nitrogens with zero attached hydrogens (tertiary/aromatic N) is 4. The zero-order chi connectivity index (χ0) is 15.5. The molecule has 3 rings (SSSR count). The molecule has 3 aromatic rings. The van der Waals surface area contributed by atoms with Crippen molar-refractivity contribution in [1.82, 2.24) is 19.9 Å². The maximum atomic E-state index is 12.9. The van der Waals surface area contributed by atoms with Crippen molar-refractivity contribution in [3.05, 3.63) is 48.4 Å². The smallest absolute Gasteiger partial charge is 0.397 e. The number of ether oxygens (including phenoxy) is 1. The van der Waals surface area contributed by atoms with Gasteiger partial charge in [-0.05, 0) is 31.2 Å². The fourth-order valence-electron chi connectivity index (χ4n) is 1.79. The number of hydrogen-bond acceptors (Lipinski definition) is 6. The molecule has 0 aliphatic rings. The van der Waals surface area contributed by atoms with Gasteiger partial charge in [0.1, 0.15) is 5.82 Å². The highest BCUT2D eigenvalue weighted by molar-refractivity contribution is 5.84. The lowest BCUT2D eigenvalue weighted by Gasteiger charge is -1.99. The van der Waals surface area contributed by atoms with Crippen LogP contribution < -0.4 is 0 Å². The minimum Gasteiger partial charge on any atom is -0.459 e. The monoisotopic (exact) mass is 302 g/mol. The molecule has 112 valence electrons. The molecule has 0 spiro atoms. The number of hydrogen-bond donors (Lipinski definition) is 0. The average Bonchev–Trinajstić information content (AvgIpc) is 3.17. The van der Waals surface area contributed by atoms with Gasteiger partial charge in [-0.2, -0.15) is 10.1 Å². The van der Waals surface area contributed by atoms with Crippen LogP contribution >= 0.6 is 0 Å². The van der Waals surface area contributed by atoms with Crippen LogP contribution in [0.5, 0.6) is 0 Å². The van der Waals surface area contributed by atoms with Crippen molar-refractivity contribution < 1.29 is 18.4 Å². The molecule has 0 amide bonds. The maximum absolute atomic E-state index is 12.9. The van der Waals surface area contributed by atoms with Crippen LogP contribution in [-0.2, 0) is 4.74 Å². The van der Waals surface area contributed by atoms with Gasteiger partial charge in [-0.15, -0.1) is 0 Å². The summed E-state index contributed by atoms with van der Waals surface area (Å²) in [7, 11) is 0. The fourth-order valence-corrected chi connectivity index (χ4v) is 1.79. The molecule has 2 heterocycles. The number of carbonyl (C=O) groups excluding carboxylic acids is 1. The number of esters is 1. The Bertz CT molecular complexity index is 795. The summed E-state index contributed by atoms with van der Waals surface area (Å²) in [6.45, 7) is 1.90. The summed E-state index contributed by atoms with van der Waals surface area (Å²) in [6.07, 6.45) is 3.16. The molecule has 0 saturated heterocycles. The molecule has 0 saturated carbocycles. The molecule has 0 unspecified atom stereocenters. The number of benzene rings is 1. The summed E-state index contributed by atoms with van der Waals surface area (Å²) in [5, 5.41) is 7.85. The summed E-state index contributed by atoms with van der Waals surface area (Å²) in [5.41, 5.74) is 1.24. The van der Waals surface area contributed by atoms with E-state index < -0.39 is 5.97 Å². The molecule has 1 aromatic carbocycles. The first-order valence-corrected chi connectivity index (χ1v) is 6.49. The van der Waals surface area contributed by atoms with Crippen LogP contribution in [0.3, 0.4) is 0 Å². The Morgan fingerprint density at radius 3 is 2.86 bits per heavy atom. The van der Waals surface area contributed by atoms with Gasteiger partial charge in [-0.1, -0.05) is 5.16 Å². The number of halogens is 1. The first-order chi connectivity index (χ1) is 10.7. The number of aromatic nitrogens is 4. The summed E-state index contributed by atoms with van der Waals surface area (Å²) in [4.78, 5) is 15.4. The van der Waals surface area contributed by atoms with Crippen LogP contribution in [0.15, 0.2) is 41.2 Å². The Balaban J connectivity index is 1.85. The molecule has 0 fully saturated rings. The van der Waals surface area contributed by atoms with Crippen LogP contribution in [0.1, 0.15) is 17.6 Å². The minimum absolute atomic E-state index is 0.216. The van der Waals surface area contributed by atoms with E-state index in [1.165, 1.54) is 23.0 Å². The van der Waals surface area contributed by atoms with E-state index in [1.54, 1.807) is 25.3 Å². The van der Waals surface area contributed by atoms with Crippen LogP contribution in [0.4, 0.5) is 4.39 Å². The van der Waals surface area contributed by atoms with Crippen molar-refractivity contribution in [2.45, 2.75) is 6.92 Å². The van der Waals surface area contributed by atoms with Crippen LogP contribution in [-0.4, -0.2) is 32.5 Å². The highest BCUT2D eigenvalue weighted by Crippen LogP contribution is 2.17. The van der Waals surface area contributed by atoms with E-state index in [1.807, 2.05) is 0 Å². The van der Waals surface area contributed by atoms with Crippen LogP contribution in [0.2, 0.25) is 0 Å². The quantitative estimate of drug-likeness (QED) is 0.687. The molecule has 0 bridgehead atoms. The van der Waals surface area contributed by atoms with Gasteiger partial charge < -0.3 is 9.26 Å². The molecule has 7 nitrogen and oxygen atoms in total. The van der Waals surface area contributed by atoms with Crippen molar-refractivity contribution in [2.24, 2.45) is 0 Å². The van der Waals surface area contributed by atoms with Crippen molar-refractivity contribution in [3.63, 3.8) is 0 Å². The minimum atomic E-state index is -0.674. The lowest BCUT2D eigenvalue weighted by Crippen LogP contribution is -2.04. The van der Waals surface area contributed by atoms with Crippen molar-refractivity contribution in [1.29, 1.82) is 0 Å². The van der Waals surface area contributed by atoms with E-state index in [9.17, 15) is 9.18 Å². The van der Waals surface area contributed by atoms with E-state index in [-0.39, 0.29) is 24.1 Å². The van der Waals surface area contributed by atoms with Crippen LogP contribution in [0.25, 0.3) is 17.1 Å². The van der Waals surface area contributed by atoms with Crippen LogP contribution in [0, 0.1) is 5.82 Å². The highest BCUT2D eigenvalue weighted by Gasteiger charge is 2.18. The van der Waals surface area contributed by atoms with E-state index in [0.717, 1.165) is 0 Å². The molecule has 0 atom stereocenters. The van der Waals surface area contributed by atoms with E-state index in [2.05, 4.69) is 15.2 Å². The lowest BCUT2D eigenvalue weighted by atomic mass is 10.3. The predicted octanol–water partition coefficient (Wildman–Crippen LogP) is 2.24. The molecule has 0 radical (unpaired) electrons. The molecule has 22 heavy (non-hydrogen) atoms. The Labute approximate surface area is 124 Å². The van der Waals surface area contributed by atoms with Crippen molar-refractivity contribution >= 4 is 5.97 Å². The van der Waals surface area contributed by atoms with E-state index in [0.29, 0.717) is 11.3 Å². The third kappa shape index (κ3) is 2.71. The van der Waals surface area contributed by atoms with E-state index >= 15 is 0 Å². The zero-order valence-corrected chi connectivity index (χ0v) is 11.6. The zero-order valence-electron chi connectivity index (χ0n) is 11.6. The first kappa shape index (κ1) is 13.9. The summed E-state index contributed by atoms with van der Waals surface area (Å²) < 4.78 is 24.1. The second kappa shape index (κ2) is 5.76. The number of rotatable bonds is 4. The third-order valence-corrected chi connectivity index (χ3v) is 2.81. The summed E-state index contributed by atoms with van der Waals surface area (Å²) >= 11 is 0. The van der Waals surface area contributed by atoms with Gasteiger partial charge in [0.2, 0.25) is 5.82 Å². The summed E-state index contributed by atoms with van der Waals surface area (Å²) in [6, 6.07) is 5.85. The number of carbonyl (C=O) groups is 1. The normalized spacial score (nSPS) is 10.6. The van der Waals surface area contributed by atoms with Gasteiger partial charge in [0.05, 0.1) is 24.1 Å². The molecule has 2 aromatic heterocycles. The van der Waals surface area contributed by atoms with Crippen molar-refractivity contribution in [2.75, 3.05) is 6.61 Å². The lowest BCUT2D eigenvalue weighted by molar-refractivity contribution is 0.0470. The second-order valence-electron chi connectivity index (χ2n) is 4.29. The average molecular weight is 302 g/mol. The van der Waals surface area contributed by atoms with Gasteiger partial charge in [0, 0.05) is 6.20 Å². The van der Waals surface area contributed by atoms with Gasteiger partial charge >= 0.3 is 11.9 Å². The molecule has 8 heteroatoms. The SMILES string of the molecule is CCOC(=O)c1nc(-c2cnn(-c3ccc(F)cc3)c2)no1. The Hall–Kier alpha value is -3.03. The molecule has 0 N–H and O–H groups in total. The van der Waals surface area contributed by atoms with E-state index in [4.69, 9.17) is 9.26 Å². The second-order valence-corrected chi connectivity index (χ2v) is 4.29. The molecule has 0 aliphatic heterocycles. The maximum Gasteiger partial charge on any atom is 0.397 e. The standard InChI is InChI=1S/C14H11FN4O3/c1-2-21-14(20)13-17-12(18-22-13)9-7-16-19(8-9)11-5-3-10(15)4-6-11/h3-8H,2H2,1H3. The fraction of sp³-hybridized carbons (Fsp3) is 0.143. The predicted molar refractivity (Wildman–Crippen MR) is 72.8 cm³/mol. The Morgan fingerprint density at radius 1 is 1.36 bits per heavy atom. The molecule has 0 aliphatic carbocycles. The van der Waals surface area contributed by atoms with Gasteiger partial charge in [0.15, 0.2) is 0 Å². The molecular weight excluding hydrogens is 291 g/mol. The highest BCUT2D eigenvalue weighted by atomic mass is 19.1. The Morgan fingerprint density at radius 2 is 2.14 bits per heavy atom. The van der Waals surface area contributed by atoms with Gasteiger partial charge in [0.25, 0.3) is 0 Å². The topological polar surface area (TPSA) is 83.0 Å². The molecular formula is C14H11FN4O3. The van der Waals surface area contributed by atoms with Gasteiger partial charge in [-0.25, -0.2) is 13.9 Å². The first-order valence-electron chi connectivity index (χ1n) is 6.49. The van der Waals surface area contributed by atoms with Gasteiger partial charge in [-0.3, -0.25) is 0 Å².